The standard InChI is InChI=1S/C23H22F3N5S/c24-23(25,26)17-6-4-15(5-7-17)22-29-18(14-32-22)13-31-10-8-19-16(12-31)11-28-21(30-19)20-3-1-2-9-27-20/h4-7,11,14H,1-3,8-10,12-13H2. The first-order chi connectivity index (χ1) is 15.5. The average molecular weight is 458 g/mol. The highest BCUT2D eigenvalue weighted by Gasteiger charge is 2.30. The second kappa shape index (κ2) is 8.71. The highest BCUT2D eigenvalue weighted by atomic mass is 32.1. The van der Waals surface area contributed by atoms with Gasteiger partial charge in [-0.05, 0) is 31.4 Å². The monoisotopic (exact) mass is 457 g/mol. The zero-order chi connectivity index (χ0) is 22.1. The SMILES string of the molecule is FC(F)(F)c1ccc(-c2nc(CN3CCc4nc(C5=NCCCC5)ncc4C3)cs2)cc1. The predicted molar refractivity (Wildman–Crippen MR) is 118 cm³/mol. The molecule has 9 heteroatoms. The third-order valence-corrected chi connectivity index (χ3v) is 6.73. The number of thiazole rings is 1. The fourth-order valence-corrected chi connectivity index (χ4v) is 4.89. The van der Waals surface area contributed by atoms with Crippen LogP contribution in [0.5, 0.6) is 0 Å². The molecule has 0 spiro atoms. The van der Waals surface area contributed by atoms with Gasteiger partial charge in [-0.15, -0.1) is 11.3 Å². The summed E-state index contributed by atoms with van der Waals surface area (Å²) in [5.74, 6) is 0.776. The van der Waals surface area contributed by atoms with Gasteiger partial charge >= 0.3 is 6.18 Å². The van der Waals surface area contributed by atoms with E-state index in [1.54, 1.807) is 0 Å². The Labute approximate surface area is 188 Å². The van der Waals surface area contributed by atoms with E-state index in [-0.39, 0.29) is 0 Å². The number of nitrogens with zero attached hydrogens (tertiary/aromatic N) is 5. The molecule has 0 fully saturated rings. The van der Waals surface area contributed by atoms with E-state index >= 15 is 0 Å². The van der Waals surface area contributed by atoms with E-state index in [2.05, 4.69) is 19.9 Å². The van der Waals surface area contributed by atoms with Crippen molar-refractivity contribution in [1.29, 1.82) is 0 Å². The van der Waals surface area contributed by atoms with Gasteiger partial charge in [0.2, 0.25) is 0 Å². The van der Waals surface area contributed by atoms with Crippen LogP contribution in [0.3, 0.4) is 0 Å². The molecule has 166 valence electrons. The first-order valence-electron chi connectivity index (χ1n) is 10.7. The summed E-state index contributed by atoms with van der Waals surface area (Å²) in [5, 5.41) is 2.70. The van der Waals surface area contributed by atoms with Crippen molar-refractivity contribution in [2.75, 3.05) is 13.1 Å². The third-order valence-electron chi connectivity index (χ3n) is 5.79. The van der Waals surface area contributed by atoms with Gasteiger partial charge in [0.15, 0.2) is 5.82 Å². The number of halogens is 3. The predicted octanol–water partition coefficient (Wildman–Crippen LogP) is 5.15. The lowest BCUT2D eigenvalue weighted by molar-refractivity contribution is -0.137. The topological polar surface area (TPSA) is 54.3 Å². The molecule has 5 rings (SSSR count). The van der Waals surface area contributed by atoms with Crippen LogP contribution in [0.25, 0.3) is 10.6 Å². The van der Waals surface area contributed by atoms with Crippen LogP contribution in [0.15, 0.2) is 40.8 Å². The molecule has 1 aromatic carbocycles. The summed E-state index contributed by atoms with van der Waals surface area (Å²) in [6.45, 7) is 3.19. The quantitative estimate of drug-likeness (QED) is 0.544. The number of benzene rings is 1. The van der Waals surface area contributed by atoms with E-state index in [9.17, 15) is 13.2 Å². The summed E-state index contributed by atoms with van der Waals surface area (Å²) in [4.78, 5) is 20.9. The smallest absolute Gasteiger partial charge is 0.293 e. The maximum absolute atomic E-state index is 12.8. The van der Waals surface area contributed by atoms with Crippen molar-refractivity contribution in [3.8, 4) is 10.6 Å². The van der Waals surface area contributed by atoms with Crippen LogP contribution in [0.4, 0.5) is 13.2 Å². The maximum Gasteiger partial charge on any atom is 0.416 e. The Kier molecular flexibility index (Phi) is 5.77. The molecule has 5 nitrogen and oxygen atoms in total. The third kappa shape index (κ3) is 4.59. The summed E-state index contributed by atoms with van der Waals surface area (Å²) in [5.41, 5.74) is 4.23. The van der Waals surface area contributed by atoms with Gasteiger partial charge in [0.05, 0.1) is 22.7 Å². The Bertz CT molecular complexity index is 1140. The number of alkyl halides is 3. The number of aromatic nitrogens is 3. The molecule has 0 N–H and O–H groups in total. The molecular weight excluding hydrogens is 435 g/mol. The lowest BCUT2D eigenvalue weighted by Gasteiger charge is -2.27. The summed E-state index contributed by atoms with van der Waals surface area (Å²) in [7, 11) is 0. The highest BCUT2D eigenvalue weighted by Crippen LogP contribution is 2.32. The lowest BCUT2D eigenvalue weighted by Crippen LogP contribution is -2.31. The van der Waals surface area contributed by atoms with Crippen LogP contribution in [-0.4, -0.2) is 38.7 Å². The van der Waals surface area contributed by atoms with Crippen LogP contribution in [-0.2, 0) is 25.7 Å². The molecular formula is C23H22F3N5S. The van der Waals surface area contributed by atoms with Crippen LogP contribution in [0, 0.1) is 0 Å². The van der Waals surface area contributed by atoms with Gasteiger partial charge in [0.1, 0.15) is 5.01 Å². The van der Waals surface area contributed by atoms with Crippen molar-refractivity contribution in [3.05, 3.63) is 64.2 Å². The van der Waals surface area contributed by atoms with Crippen LogP contribution in [0.2, 0.25) is 0 Å². The molecule has 0 radical (unpaired) electrons. The number of hydrogen-bond donors (Lipinski definition) is 0. The first-order valence-corrected chi connectivity index (χ1v) is 11.6. The summed E-state index contributed by atoms with van der Waals surface area (Å²) >= 11 is 1.45. The van der Waals surface area contributed by atoms with E-state index in [1.165, 1.54) is 23.5 Å². The van der Waals surface area contributed by atoms with E-state index in [0.717, 1.165) is 90.9 Å². The molecule has 0 saturated heterocycles. The maximum atomic E-state index is 12.8. The van der Waals surface area contributed by atoms with Gasteiger partial charge in [-0.2, -0.15) is 13.2 Å². The minimum atomic E-state index is -4.33. The van der Waals surface area contributed by atoms with Crippen LogP contribution in [0.1, 0.15) is 47.6 Å². The second-order valence-corrected chi connectivity index (χ2v) is 8.99. The van der Waals surface area contributed by atoms with Crippen molar-refractivity contribution in [2.45, 2.75) is 44.9 Å². The highest BCUT2D eigenvalue weighted by molar-refractivity contribution is 7.13. The second-order valence-electron chi connectivity index (χ2n) is 8.13. The van der Waals surface area contributed by atoms with E-state index in [1.807, 2.05) is 11.6 Å². The molecule has 2 aliphatic rings. The number of fused-ring (bicyclic) bond motifs is 1. The van der Waals surface area contributed by atoms with Crippen LogP contribution >= 0.6 is 11.3 Å². The van der Waals surface area contributed by atoms with Crippen molar-refractivity contribution < 1.29 is 13.2 Å². The summed E-state index contributed by atoms with van der Waals surface area (Å²) in [6.07, 6.45) is 1.70. The van der Waals surface area contributed by atoms with Crippen molar-refractivity contribution in [1.82, 2.24) is 19.9 Å². The molecule has 2 aromatic heterocycles. The molecule has 2 aliphatic heterocycles. The Morgan fingerprint density at radius 2 is 1.88 bits per heavy atom. The molecule has 0 bridgehead atoms. The lowest BCUT2D eigenvalue weighted by atomic mass is 10.1. The number of hydrogen-bond acceptors (Lipinski definition) is 6. The van der Waals surface area contributed by atoms with Crippen molar-refractivity contribution in [2.24, 2.45) is 4.99 Å². The van der Waals surface area contributed by atoms with Gasteiger partial charge in [-0.1, -0.05) is 12.1 Å². The summed E-state index contributed by atoms with van der Waals surface area (Å²) in [6, 6.07) is 5.17. The van der Waals surface area contributed by atoms with E-state index in [4.69, 9.17) is 4.98 Å². The minimum Gasteiger partial charge on any atom is -0.293 e. The Hall–Kier alpha value is -2.65. The fraction of sp³-hybridized carbons (Fsp3) is 0.391. The molecule has 0 saturated carbocycles. The first kappa shape index (κ1) is 21.2. The van der Waals surface area contributed by atoms with Gasteiger partial charge in [-0.3, -0.25) is 9.89 Å². The normalized spacial score (nSPS) is 17.2. The largest absolute Gasteiger partial charge is 0.416 e. The van der Waals surface area contributed by atoms with Crippen molar-refractivity contribution >= 4 is 17.0 Å². The Balaban J connectivity index is 1.25. The number of rotatable bonds is 4. The molecule has 0 unspecified atom stereocenters. The molecule has 32 heavy (non-hydrogen) atoms. The van der Waals surface area contributed by atoms with Crippen molar-refractivity contribution in [3.63, 3.8) is 0 Å². The molecule has 0 amide bonds. The fourth-order valence-electron chi connectivity index (χ4n) is 4.07. The van der Waals surface area contributed by atoms with Gasteiger partial charge in [0, 0.05) is 55.3 Å². The van der Waals surface area contributed by atoms with E-state index < -0.39 is 11.7 Å². The van der Waals surface area contributed by atoms with Gasteiger partial charge < -0.3 is 0 Å². The molecule has 0 atom stereocenters. The van der Waals surface area contributed by atoms with Gasteiger partial charge in [-0.25, -0.2) is 15.0 Å². The average Bonchev–Trinajstić information content (AvgIpc) is 3.27. The molecule has 3 aromatic rings. The zero-order valence-corrected chi connectivity index (χ0v) is 18.2. The summed E-state index contributed by atoms with van der Waals surface area (Å²) < 4.78 is 38.3. The van der Waals surface area contributed by atoms with Crippen LogP contribution < -0.4 is 0 Å². The minimum absolute atomic E-state index is 0.647. The molecule has 4 heterocycles. The van der Waals surface area contributed by atoms with Gasteiger partial charge in [0.25, 0.3) is 0 Å². The Morgan fingerprint density at radius 1 is 1.03 bits per heavy atom. The Morgan fingerprint density at radius 3 is 2.62 bits per heavy atom. The molecule has 0 aliphatic carbocycles. The zero-order valence-electron chi connectivity index (χ0n) is 17.4. The van der Waals surface area contributed by atoms with E-state index in [0.29, 0.717) is 12.1 Å². The number of aliphatic imine (C=N–C) groups is 1.